The van der Waals surface area contributed by atoms with Gasteiger partial charge in [0.15, 0.2) is 0 Å². The van der Waals surface area contributed by atoms with Gasteiger partial charge in [0.25, 0.3) is 5.91 Å². The van der Waals surface area contributed by atoms with Gasteiger partial charge in [-0.15, -0.1) is 11.3 Å². The van der Waals surface area contributed by atoms with Gasteiger partial charge in [-0.1, -0.05) is 55.2 Å². The zero-order valence-electron chi connectivity index (χ0n) is 18.1. The molecule has 1 fully saturated rings. The zero-order valence-corrected chi connectivity index (χ0v) is 20.5. The number of esters is 1. The lowest BCUT2D eigenvalue weighted by molar-refractivity contribution is -0.118. The third-order valence-corrected chi connectivity index (χ3v) is 7.06. The Morgan fingerprint density at radius 3 is 2.41 bits per heavy atom. The summed E-state index contributed by atoms with van der Waals surface area (Å²) in [6.07, 6.45) is 1.65. The first-order valence-corrected chi connectivity index (χ1v) is 11.7. The first kappa shape index (κ1) is 24.3. The first-order chi connectivity index (χ1) is 15.1. The highest BCUT2D eigenvalue weighted by Gasteiger charge is 2.60. The maximum atomic E-state index is 13.0. The maximum absolute atomic E-state index is 13.0. The molecule has 1 aromatic carbocycles. The normalized spacial score (nSPS) is 18.4. The van der Waals surface area contributed by atoms with E-state index in [0.717, 1.165) is 11.3 Å². The standard InChI is InChI=1S/C23H24Cl2N2O4S/c1-5-31-22(30)16-12(2)18(20(29)26-13-9-7-6-8-10-13)32-21(16)27-19(28)17-14(11-15(24)25)23(17,3)4/h6-11,14,17H,5H2,1-4H3,(H,26,29)(H,27,28)/t14-,17+/m0/s1. The summed E-state index contributed by atoms with van der Waals surface area (Å²) in [4.78, 5) is 38.9. The quantitative estimate of drug-likeness (QED) is 0.461. The van der Waals surface area contributed by atoms with Crippen molar-refractivity contribution in [1.82, 2.24) is 0 Å². The van der Waals surface area contributed by atoms with Crippen molar-refractivity contribution in [3.63, 3.8) is 0 Å². The molecule has 2 amide bonds. The largest absolute Gasteiger partial charge is 0.462 e. The summed E-state index contributed by atoms with van der Waals surface area (Å²) in [7, 11) is 0. The van der Waals surface area contributed by atoms with Crippen molar-refractivity contribution in [1.29, 1.82) is 0 Å². The van der Waals surface area contributed by atoms with Crippen LogP contribution in [0.1, 0.15) is 46.4 Å². The van der Waals surface area contributed by atoms with Crippen molar-refractivity contribution in [2.75, 3.05) is 17.2 Å². The van der Waals surface area contributed by atoms with Crippen LogP contribution in [0.5, 0.6) is 0 Å². The number of anilines is 2. The van der Waals surface area contributed by atoms with Crippen LogP contribution < -0.4 is 10.6 Å². The SMILES string of the molecule is CCOC(=O)c1c(NC(=O)[C@H]2[C@H](C=C(Cl)Cl)C2(C)C)sc(C(=O)Nc2ccccc2)c1C. The number of benzene rings is 1. The molecular formula is C23H24Cl2N2O4S. The Kier molecular flexibility index (Phi) is 7.32. The number of rotatable bonds is 7. The lowest BCUT2D eigenvalue weighted by Crippen LogP contribution is -2.18. The number of nitrogens with one attached hydrogen (secondary N) is 2. The number of amides is 2. The third-order valence-electron chi connectivity index (χ3n) is 5.60. The molecule has 1 saturated carbocycles. The van der Waals surface area contributed by atoms with Gasteiger partial charge in [-0.2, -0.15) is 0 Å². The molecule has 9 heteroatoms. The summed E-state index contributed by atoms with van der Waals surface area (Å²) in [6, 6.07) is 8.99. The van der Waals surface area contributed by atoms with E-state index in [-0.39, 0.29) is 50.7 Å². The number of hydrogen-bond donors (Lipinski definition) is 2. The number of para-hydroxylation sites is 1. The molecule has 1 aromatic heterocycles. The van der Waals surface area contributed by atoms with E-state index in [0.29, 0.717) is 16.1 Å². The lowest BCUT2D eigenvalue weighted by Gasteiger charge is -2.08. The van der Waals surface area contributed by atoms with Gasteiger partial charge in [0.05, 0.1) is 23.0 Å². The number of carbonyl (C=O) groups excluding carboxylic acids is 3. The maximum Gasteiger partial charge on any atom is 0.341 e. The Hall–Kier alpha value is -2.35. The predicted molar refractivity (Wildman–Crippen MR) is 129 cm³/mol. The summed E-state index contributed by atoms with van der Waals surface area (Å²) in [5, 5.41) is 5.93. The van der Waals surface area contributed by atoms with Crippen LogP contribution in [0.4, 0.5) is 10.7 Å². The summed E-state index contributed by atoms with van der Waals surface area (Å²) in [6.45, 7) is 7.42. The van der Waals surface area contributed by atoms with E-state index >= 15 is 0 Å². The minimum Gasteiger partial charge on any atom is -0.462 e. The Bertz CT molecular complexity index is 1080. The number of halogens is 2. The molecule has 1 heterocycles. The van der Waals surface area contributed by atoms with Crippen LogP contribution in [0, 0.1) is 24.2 Å². The van der Waals surface area contributed by atoms with Crippen LogP contribution in [0.2, 0.25) is 0 Å². The van der Waals surface area contributed by atoms with Crippen molar-refractivity contribution in [2.45, 2.75) is 27.7 Å². The highest BCUT2D eigenvalue weighted by atomic mass is 35.5. The van der Waals surface area contributed by atoms with Crippen molar-refractivity contribution < 1.29 is 19.1 Å². The molecule has 0 bridgehead atoms. The highest BCUT2D eigenvalue weighted by Crippen LogP contribution is 2.60. The smallest absolute Gasteiger partial charge is 0.341 e. The van der Waals surface area contributed by atoms with Gasteiger partial charge < -0.3 is 15.4 Å². The van der Waals surface area contributed by atoms with Gasteiger partial charge in [0.2, 0.25) is 5.91 Å². The number of allylic oxidation sites excluding steroid dienone is 1. The summed E-state index contributed by atoms with van der Waals surface area (Å²) < 4.78 is 5.28. The topological polar surface area (TPSA) is 84.5 Å². The van der Waals surface area contributed by atoms with E-state index < -0.39 is 5.97 Å². The molecule has 170 valence electrons. The second kappa shape index (κ2) is 9.65. The van der Waals surface area contributed by atoms with Crippen LogP contribution in [-0.4, -0.2) is 24.4 Å². The highest BCUT2D eigenvalue weighted by molar-refractivity contribution is 7.19. The lowest BCUT2D eigenvalue weighted by atomic mass is 10.1. The molecule has 1 aliphatic carbocycles. The van der Waals surface area contributed by atoms with Crippen LogP contribution in [0.25, 0.3) is 0 Å². The van der Waals surface area contributed by atoms with E-state index in [1.807, 2.05) is 32.0 Å². The number of hydrogen-bond acceptors (Lipinski definition) is 5. The monoisotopic (exact) mass is 494 g/mol. The average molecular weight is 495 g/mol. The molecule has 6 nitrogen and oxygen atoms in total. The van der Waals surface area contributed by atoms with Crippen LogP contribution in [-0.2, 0) is 9.53 Å². The van der Waals surface area contributed by atoms with Crippen LogP contribution in [0.15, 0.2) is 40.9 Å². The van der Waals surface area contributed by atoms with Gasteiger partial charge >= 0.3 is 5.97 Å². The minimum absolute atomic E-state index is 0.109. The molecule has 2 aromatic rings. The molecule has 0 saturated heterocycles. The predicted octanol–water partition coefficient (Wildman–Crippen LogP) is 6.02. The van der Waals surface area contributed by atoms with E-state index in [4.69, 9.17) is 27.9 Å². The van der Waals surface area contributed by atoms with Crippen molar-refractivity contribution in [2.24, 2.45) is 17.3 Å². The third kappa shape index (κ3) is 5.00. The minimum atomic E-state index is -0.592. The second-order valence-corrected chi connectivity index (χ2v) is 10.1. The molecule has 2 atom stereocenters. The van der Waals surface area contributed by atoms with Gasteiger partial charge in [-0.3, -0.25) is 9.59 Å². The molecular weight excluding hydrogens is 471 g/mol. The summed E-state index contributed by atoms with van der Waals surface area (Å²) in [5.74, 6) is -1.72. The van der Waals surface area contributed by atoms with Gasteiger partial charge in [-0.25, -0.2) is 4.79 Å². The van der Waals surface area contributed by atoms with Crippen LogP contribution >= 0.6 is 34.5 Å². The average Bonchev–Trinajstić information content (AvgIpc) is 3.08. The second-order valence-electron chi connectivity index (χ2n) is 8.07. The van der Waals surface area contributed by atoms with E-state index in [9.17, 15) is 14.4 Å². The molecule has 0 radical (unpaired) electrons. The Labute approximate surface area is 200 Å². The molecule has 0 spiro atoms. The molecule has 0 unspecified atom stereocenters. The fourth-order valence-electron chi connectivity index (χ4n) is 3.79. The Balaban J connectivity index is 1.90. The van der Waals surface area contributed by atoms with E-state index in [2.05, 4.69) is 10.6 Å². The fraction of sp³-hybridized carbons (Fsp3) is 0.348. The van der Waals surface area contributed by atoms with Gasteiger partial charge in [0.1, 0.15) is 9.49 Å². The first-order valence-electron chi connectivity index (χ1n) is 10.1. The molecule has 1 aliphatic rings. The van der Waals surface area contributed by atoms with Crippen molar-refractivity contribution >= 4 is 63.0 Å². The molecule has 3 rings (SSSR count). The Morgan fingerprint density at radius 1 is 1.16 bits per heavy atom. The Morgan fingerprint density at radius 2 is 1.81 bits per heavy atom. The van der Waals surface area contributed by atoms with Crippen molar-refractivity contribution in [3.05, 3.63) is 56.9 Å². The molecule has 2 N–H and O–H groups in total. The summed E-state index contributed by atoms with van der Waals surface area (Å²) in [5.41, 5.74) is 0.931. The van der Waals surface area contributed by atoms with Gasteiger partial charge in [-0.05, 0) is 49.0 Å². The number of thiophene rings is 1. The molecule has 0 aliphatic heterocycles. The number of ether oxygens (including phenoxy) is 1. The molecule has 32 heavy (non-hydrogen) atoms. The van der Waals surface area contributed by atoms with Crippen molar-refractivity contribution in [3.8, 4) is 0 Å². The van der Waals surface area contributed by atoms with Crippen LogP contribution in [0.3, 0.4) is 0 Å². The van der Waals surface area contributed by atoms with E-state index in [1.54, 1.807) is 32.1 Å². The zero-order chi connectivity index (χ0) is 23.6. The fourth-order valence-corrected chi connectivity index (χ4v) is 5.16. The summed E-state index contributed by atoms with van der Waals surface area (Å²) >= 11 is 12.6. The number of carbonyl (C=O) groups is 3. The van der Waals surface area contributed by atoms with E-state index in [1.165, 1.54) is 0 Å². The van der Waals surface area contributed by atoms with Gasteiger partial charge in [0, 0.05) is 5.69 Å².